The largest absolute Gasteiger partial charge is 0.444 e. The van der Waals surface area contributed by atoms with Crippen LogP contribution in [0.2, 0.25) is 10.2 Å². The number of benzene rings is 2. The molecule has 4 nitrogen and oxygen atoms in total. The van der Waals surface area contributed by atoms with Crippen LogP contribution in [0, 0.1) is 0 Å². The zero-order chi connectivity index (χ0) is 18.5. The van der Waals surface area contributed by atoms with Gasteiger partial charge in [0.25, 0.3) is 0 Å². The zero-order valence-corrected chi connectivity index (χ0v) is 14.9. The van der Waals surface area contributed by atoms with Crippen molar-refractivity contribution in [1.82, 2.24) is 4.98 Å². The molecule has 0 fully saturated rings. The summed E-state index contributed by atoms with van der Waals surface area (Å²) in [6.45, 7) is 0. The van der Waals surface area contributed by atoms with Gasteiger partial charge in [-0.3, -0.25) is 4.79 Å². The van der Waals surface area contributed by atoms with E-state index in [4.69, 9.17) is 27.9 Å². The van der Waals surface area contributed by atoms with Gasteiger partial charge >= 0.3 is 5.97 Å². The molecule has 0 N–H and O–H groups in total. The van der Waals surface area contributed by atoms with E-state index in [1.165, 1.54) is 12.1 Å². The highest BCUT2D eigenvalue weighted by atomic mass is 35.5. The summed E-state index contributed by atoms with van der Waals surface area (Å²) < 4.78 is 5.48. The van der Waals surface area contributed by atoms with E-state index < -0.39 is 12.1 Å². The summed E-state index contributed by atoms with van der Waals surface area (Å²) in [4.78, 5) is 29.4. The van der Waals surface area contributed by atoms with Gasteiger partial charge in [0.15, 0.2) is 11.8 Å². The lowest BCUT2D eigenvalue weighted by Gasteiger charge is -2.17. The Morgan fingerprint density at radius 2 is 1.46 bits per heavy atom. The van der Waals surface area contributed by atoms with E-state index in [0.717, 1.165) is 0 Å². The molecule has 130 valence electrons. The number of Topliss-reactive ketones (excluding diaryl/α,β-unsaturated/α-hetero) is 1. The molecule has 1 atom stereocenters. The summed E-state index contributed by atoms with van der Waals surface area (Å²) in [5.41, 5.74) is 0.841. The SMILES string of the molecule is O=C(OC(C(=O)c1ccccc1)c1ccccc1)c1nc(Cl)ccc1Cl. The smallest absolute Gasteiger partial charge is 0.359 e. The van der Waals surface area contributed by atoms with Crippen molar-refractivity contribution in [3.63, 3.8) is 0 Å². The van der Waals surface area contributed by atoms with Crippen LogP contribution in [0.5, 0.6) is 0 Å². The highest BCUT2D eigenvalue weighted by Gasteiger charge is 2.28. The Kier molecular flexibility index (Phi) is 5.66. The molecule has 3 aromatic rings. The number of esters is 1. The van der Waals surface area contributed by atoms with E-state index in [1.807, 2.05) is 6.07 Å². The van der Waals surface area contributed by atoms with Crippen LogP contribution < -0.4 is 0 Å². The molecule has 0 amide bonds. The molecule has 3 rings (SSSR count). The third-order valence-corrected chi connectivity index (χ3v) is 4.14. The lowest BCUT2D eigenvalue weighted by Crippen LogP contribution is -2.21. The van der Waals surface area contributed by atoms with Gasteiger partial charge in [0, 0.05) is 11.1 Å². The van der Waals surface area contributed by atoms with E-state index >= 15 is 0 Å². The molecule has 1 heterocycles. The number of pyridine rings is 1. The zero-order valence-electron chi connectivity index (χ0n) is 13.4. The number of nitrogens with zero attached hydrogens (tertiary/aromatic N) is 1. The number of ketones is 1. The number of carbonyl (C=O) groups excluding carboxylic acids is 2. The molecule has 0 saturated carbocycles. The molecule has 1 aromatic heterocycles. The quantitative estimate of drug-likeness (QED) is 0.345. The van der Waals surface area contributed by atoms with Crippen molar-refractivity contribution in [3.05, 3.63) is 99.8 Å². The Labute approximate surface area is 160 Å². The fourth-order valence-electron chi connectivity index (χ4n) is 2.38. The average molecular weight is 386 g/mol. The highest BCUT2D eigenvalue weighted by Crippen LogP contribution is 2.26. The van der Waals surface area contributed by atoms with Gasteiger partial charge in [-0.2, -0.15) is 0 Å². The van der Waals surface area contributed by atoms with Crippen molar-refractivity contribution < 1.29 is 14.3 Å². The molecule has 0 aliphatic carbocycles. The van der Waals surface area contributed by atoms with Crippen LogP contribution in [0.3, 0.4) is 0 Å². The van der Waals surface area contributed by atoms with Crippen molar-refractivity contribution in [2.75, 3.05) is 0 Å². The fourth-order valence-corrected chi connectivity index (χ4v) is 2.71. The minimum atomic E-state index is -1.12. The van der Waals surface area contributed by atoms with Crippen LogP contribution in [0.1, 0.15) is 32.5 Å². The lowest BCUT2D eigenvalue weighted by atomic mass is 10.00. The molecule has 0 saturated heterocycles. The van der Waals surface area contributed by atoms with E-state index in [1.54, 1.807) is 54.6 Å². The minimum Gasteiger partial charge on any atom is -0.444 e. The van der Waals surface area contributed by atoms with Gasteiger partial charge in [-0.1, -0.05) is 83.9 Å². The third kappa shape index (κ3) is 4.10. The van der Waals surface area contributed by atoms with Crippen molar-refractivity contribution in [2.24, 2.45) is 0 Å². The number of aromatic nitrogens is 1. The second-order valence-corrected chi connectivity index (χ2v) is 6.19. The third-order valence-electron chi connectivity index (χ3n) is 3.63. The number of hydrogen-bond acceptors (Lipinski definition) is 4. The van der Waals surface area contributed by atoms with Crippen LogP contribution in [0.15, 0.2) is 72.8 Å². The molecule has 0 spiro atoms. The lowest BCUT2D eigenvalue weighted by molar-refractivity contribution is 0.0274. The van der Waals surface area contributed by atoms with Gasteiger partial charge in [-0.25, -0.2) is 9.78 Å². The molecule has 26 heavy (non-hydrogen) atoms. The molecule has 1 unspecified atom stereocenters. The summed E-state index contributed by atoms with van der Waals surface area (Å²) in [6.07, 6.45) is -1.12. The van der Waals surface area contributed by atoms with Crippen LogP contribution in [-0.4, -0.2) is 16.7 Å². The normalized spacial score (nSPS) is 11.6. The molecule has 0 aliphatic rings. The first-order valence-corrected chi connectivity index (χ1v) is 8.49. The Morgan fingerprint density at radius 3 is 2.12 bits per heavy atom. The summed E-state index contributed by atoms with van der Waals surface area (Å²) in [7, 11) is 0. The maximum atomic E-state index is 12.9. The van der Waals surface area contributed by atoms with Crippen molar-refractivity contribution >= 4 is 35.0 Å². The van der Waals surface area contributed by atoms with E-state index in [2.05, 4.69) is 4.98 Å². The monoisotopic (exact) mass is 385 g/mol. The number of hydrogen-bond donors (Lipinski definition) is 0. The van der Waals surface area contributed by atoms with E-state index in [9.17, 15) is 9.59 Å². The summed E-state index contributed by atoms with van der Waals surface area (Å²) in [5.74, 6) is -1.17. The maximum absolute atomic E-state index is 12.9. The number of halogens is 2. The standard InChI is InChI=1S/C20H13Cl2NO3/c21-15-11-12-16(22)23-17(15)20(25)26-19(14-9-5-2-6-10-14)18(24)13-7-3-1-4-8-13/h1-12,19H. The van der Waals surface area contributed by atoms with Crippen LogP contribution in [0.4, 0.5) is 0 Å². The second-order valence-electron chi connectivity index (χ2n) is 5.39. The number of rotatable bonds is 5. The number of ether oxygens (including phenoxy) is 1. The van der Waals surface area contributed by atoms with Crippen LogP contribution in [0.25, 0.3) is 0 Å². The average Bonchev–Trinajstić information content (AvgIpc) is 2.68. The number of carbonyl (C=O) groups is 2. The second kappa shape index (κ2) is 8.13. The van der Waals surface area contributed by atoms with Gasteiger partial charge in [-0.15, -0.1) is 0 Å². The van der Waals surface area contributed by atoms with Crippen molar-refractivity contribution in [2.45, 2.75) is 6.10 Å². The minimum absolute atomic E-state index is 0.0957. The van der Waals surface area contributed by atoms with Gasteiger partial charge in [0.2, 0.25) is 5.78 Å². The summed E-state index contributed by atoms with van der Waals surface area (Å²) in [6, 6.07) is 20.3. The van der Waals surface area contributed by atoms with Gasteiger partial charge in [0.1, 0.15) is 5.15 Å². The molecule has 0 aliphatic heterocycles. The molecule has 2 aromatic carbocycles. The first-order chi connectivity index (χ1) is 12.6. The molecule has 0 bridgehead atoms. The van der Waals surface area contributed by atoms with Gasteiger partial charge in [-0.05, 0) is 12.1 Å². The maximum Gasteiger partial charge on any atom is 0.359 e. The van der Waals surface area contributed by atoms with Crippen LogP contribution in [-0.2, 0) is 4.74 Å². The molecular weight excluding hydrogens is 373 g/mol. The Balaban J connectivity index is 1.95. The van der Waals surface area contributed by atoms with Crippen molar-refractivity contribution in [1.29, 1.82) is 0 Å². The molecular formula is C20H13Cl2NO3. The van der Waals surface area contributed by atoms with Crippen molar-refractivity contribution in [3.8, 4) is 0 Å². The highest BCUT2D eigenvalue weighted by molar-refractivity contribution is 6.34. The molecule has 6 heteroatoms. The summed E-state index contributed by atoms with van der Waals surface area (Å²) >= 11 is 11.8. The Hall–Kier alpha value is -2.69. The topological polar surface area (TPSA) is 56.3 Å². The predicted octanol–water partition coefficient (Wildman–Crippen LogP) is 5.17. The van der Waals surface area contributed by atoms with E-state index in [0.29, 0.717) is 11.1 Å². The fraction of sp³-hybridized carbons (Fsp3) is 0.0500. The first kappa shape index (κ1) is 18.1. The summed E-state index contributed by atoms with van der Waals surface area (Å²) in [5, 5.41) is 0.199. The van der Waals surface area contributed by atoms with Gasteiger partial charge < -0.3 is 4.74 Å². The Morgan fingerprint density at radius 1 is 0.846 bits per heavy atom. The Bertz CT molecular complexity index is 930. The first-order valence-electron chi connectivity index (χ1n) is 7.73. The van der Waals surface area contributed by atoms with E-state index in [-0.39, 0.29) is 21.7 Å². The van der Waals surface area contributed by atoms with Crippen LogP contribution >= 0.6 is 23.2 Å². The predicted molar refractivity (Wildman–Crippen MR) is 99.6 cm³/mol. The molecule has 0 radical (unpaired) electrons. The van der Waals surface area contributed by atoms with Gasteiger partial charge in [0.05, 0.1) is 5.02 Å².